The van der Waals surface area contributed by atoms with E-state index in [1.165, 1.54) is 18.2 Å². The molecule has 3 heterocycles. The molecule has 0 unspecified atom stereocenters. The number of hydrogen-bond donors (Lipinski definition) is 1. The highest BCUT2D eigenvalue weighted by molar-refractivity contribution is 8.15. The quantitative estimate of drug-likeness (QED) is 0.812. The molecule has 4 rings (SSSR count). The van der Waals surface area contributed by atoms with Crippen LogP contribution in [0.1, 0.15) is 38.7 Å². The molecular weight excluding hydrogens is 394 g/mol. The number of hydrogen-bond acceptors (Lipinski definition) is 6. The van der Waals surface area contributed by atoms with Crippen molar-refractivity contribution in [2.75, 3.05) is 16.8 Å². The first-order valence-corrected chi connectivity index (χ1v) is 12.6. The van der Waals surface area contributed by atoms with E-state index in [0.717, 1.165) is 29.3 Å². The number of nitrogens with one attached hydrogen (secondary N) is 1. The Kier molecular flexibility index (Phi) is 5.44. The minimum absolute atomic E-state index is 0.0397. The largest absolute Gasteiger partial charge is 0.337 e. The molecule has 1 N–H and O–H groups in total. The van der Waals surface area contributed by atoms with Crippen LogP contribution in [0.4, 0.5) is 5.69 Å². The van der Waals surface area contributed by atoms with E-state index in [1.54, 1.807) is 0 Å². The average Bonchev–Trinajstić information content (AvgIpc) is 3.09. The van der Waals surface area contributed by atoms with Crippen molar-refractivity contribution in [3.63, 3.8) is 0 Å². The number of rotatable bonds is 3. The van der Waals surface area contributed by atoms with Crippen molar-refractivity contribution < 1.29 is 13.2 Å². The number of amides is 1. The van der Waals surface area contributed by atoms with Crippen LogP contribution in [0.5, 0.6) is 0 Å². The Morgan fingerprint density at radius 1 is 1.18 bits per heavy atom. The second-order valence-electron chi connectivity index (χ2n) is 8.16. The van der Waals surface area contributed by atoms with Crippen molar-refractivity contribution in [1.29, 1.82) is 0 Å². The fourth-order valence-corrected chi connectivity index (χ4v) is 8.10. The number of likely N-dealkylation sites (tertiary alicyclic amines) is 1. The third kappa shape index (κ3) is 4.22. The minimum atomic E-state index is -2.93. The highest BCUT2D eigenvalue weighted by atomic mass is 32.2. The van der Waals surface area contributed by atoms with Gasteiger partial charge < -0.3 is 10.2 Å². The van der Waals surface area contributed by atoms with Gasteiger partial charge in [0.05, 0.1) is 24.0 Å². The molecule has 3 aliphatic rings. The zero-order chi connectivity index (χ0) is 19.9. The normalized spacial score (nSPS) is 31.4. The molecule has 6 nitrogen and oxygen atoms in total. The number of carbonyl (C=O) groups excluding carboxylic acids is 1. The number of thioether (sulfide) groups is 1. The molecule has 0 aromatic heterocycles. The first-order chi connectivity index (χ1) is 13.3. The SMILES string of the molecule is C[C@@H]1CCC[C@@H](C)N1C(=O)Cc1ccc(NC2=N[C@H]3CS(=O)(=O)C[C@@H]3S2)cc1. The van der Waals surface area contributed by atoms with E-state index >= 15 is 0 Å². The van der Waals surface area contributed by atoms with E-state index in [0.29, 0.717) is 18.5 Å². The number of piperidine rings is 1. The molecule has 1 aromatic rings. The second-order valence-corrected chi connectivity index (χ2v) is 11.5. The average molecular weight is 422 g/mol. The summed E-state index contributed by atoms with van der Waals surface area (Å²) < 4.78 is 23.3. The van der Waals surface area contributed by atoms with Gasteiger partial charge in [0, 0.05) is 23.0 Å². The van der Waals surface area contributed by atoms with Crippen LogP contribution in [-0.2, 0) is 21.1 Å². The molecule has 0 bridgehead atoms. The molecule has 0 spiro atoms. The molecule has 1 aromatic carbocycles. The number of benzene rings is 1. The zero-order valence-electron chi connectivity index (χ0n) is 16.3. The Balaban J connectivity index is 1.35. The Hall–Kier alpha value is -1.54. The summed E-state index contributed by atoms with van der Waals surface area (Å²) in [4.78, 5) is 19.3. The van der Waals surface area contributed by atoms with Gasteiger partial charge in [0.15, 0.2) is 15.0 Å². The Morgan fingerprint density at radius 3 is 2.50 bits per heavy atom. The molecule has 0 radical (unpaired) electrons. The summed E-state index contributed by atoms with van der Waals surface area (Å²) in [6.07, 6.45) is 3.79. The van der Waals surface area contributed by atoms with Gasteiger partial charge in [-0.25, -0.2) is 8.42 Å². The number of aliphatic imine (C=N–C) groups is 1. The standard InChI is InChI=1S/C20H27N3O3S2/c1-13-4-3-5-14(2)23(13)19(24)10-15-6-8-16(9-7-15)21-20-22-17-11-28(25,26)12-18(17)27-20/h6-9,13-14,17-18H,3-5,10-12H2,1-2H3,(H,21,22)/t13-,14-,17+,18+/m1/s1. The van der Waals surface area contributed by atoms with Crippen molar-refractivity contribution in [3.8, 4) is 0 Å². The van der Waals surface area contributed by atoms with Gasteiger partial charge in [0.25, 0.3) is 0 Å². The molecule has 4 atom stereocenters. The number of anilines is 1. The fourth-order valence-electron chi connectivity index (χ4n) is 4.42. The van der Waals surface area contributed by atoms with Gasteiger partial charge in [-0.15, -0.1) is 0 Å². The van der Waals surface area contributed by atoms with Crippen LogP contribution < -0.4 is 5.32 Å². The van der Waals surface area contributed by atoms with E-state index in [-0.39, 0.29) is 28.7 Å². The lowest BCUT2D eigenvalue weighted by molar-refractivity contribution is -0.136. The fraction of sp³-hybridized carbons (Fsp3) is 0.600. The van der Waals surface area contributed by atoms with Crippen LogP contribution in [0.15, 0.2) is 29.3 Å². The predicted molar refractivity (Wildman–Crippen MR) is 115 cm³/mol. The minimum Gasteiger partial charge on any atom is -0.337 e. The maximum Gasteiger partial charge on any atom is 0.227 e. The van der Waals surface area contributed by atoms with Gasteiger partial charge >= 0.3 is 0 Å². The molecule has 2 saturated heterocycles. The van der Waals surface area contributed by atoms with Crippen LogP contribution in [0, 0.1) is 0 Å². The highest BCUT2D eigenvalue weighted by Gasteiger charge is 2.42. The van der Waals surface area contributed by atoms with E-state index in [2.05, 4.69) is 24.2 Å². The molecule has 28 heavy (non-hydrogen) atoms. The number of nitrogens with zero attached hydrogens (tertiary/aromatic N) is 2. The van der Waals surface area contributed by atoms with E-state index < -0.39 is 9.84 Å². The monoisotopic (exact) mass is 421 g/mol. The van der Waals surface area contributed by atoms with Gasteiger partial charge in [-0.1, -0.05) is 23.9 Å². The smallest absolute Gasteiger partial charge is 0.227 e. The molecule has 8 heteroatoms. The van der Waals surface area contributed by atoms with Crippen LogP contribution in [0.2, 0.25) is 0 Å². The van der Waals surface area contributed by atoms with Gasteiger partial charge in [0.1, 0.15) is 0 Å². The van der Waals surface area contributed by atoms with Crippen molar-refractivity contribution in [2.45, 2.75) is 62.9 Å². The molecule has 152 valence electrons. The summed E-state index contributed by atoms with van der Waals surface area (Å²) in [6, 6.07) is 8.38. The van der Waals surface area contributed by atoms with E-state index in [1.807, 2.05) is 29.2 Å². The summed E-state index contributed by atoms with van der Waals surface area (Å²) in [7, 11) is -2.93. The van der Waals surface area contributed by atoms with Crippen LogP contribution in [0.3, 0.4) is 0 Å². The summed E-state index contributed by atoms with van der Waals surface area (Å²) in [6.45, 7) is 4.28. The third-order valence-corrected chi connectivity index (χ3v) is 9.00. The molecular formula is C20H27N3O3S2. The first-order valence-electron chi connectivity index (χ1n) is 9.93. The first kappa shape index (κ1) is 19.8. The maximum absolute atomic E-state index is 12.8. The van der Waals surface area contributed by atoms with E-state index in [9.17, 15) is 13.2 Å². The van der Waals surface area contributed by atoms with E-state index in [4.69, 9.17) is 0 Å². The summed E-state index contributed by atoms with van der Waals surface area (Å²) in [5, 5.41) is 4.10. The van der Waals surface area contributed by atoms with Crippen molar-refractivity contribution in [3.05, 3.63) is 29.8 Å². The van der Waals surface area contributed by atoms with Gasteiger partial charge in [-0.05, 0) is 50.8 Å². The third-order valence-electron chi connectivity index (χ3n) is 5.86. The van der Waals surface area contributed by atoms with Crippen molar-refractivity contribution >= 4 is 38.4 Å². The summed E-state index contributed by atoms with van der Waals surface area (Å²) in [5.41, 5.74) is 1.91. The van der Waals surface area contributed by atoms with Crippen LogP contribution >= 0.6 is 11.8 Å². The number of amidine groups is 1. The van der Waals surface area contributed by atoms with Gasteiger partial charge in [0.2, 0.25) is 5.91 Å². The predicted octanol–water partition coefficient (Wildman–Crippen LogP) is 2.70. The highest BCUT2D eigenvalue weighted by Crippen LogP contribution is 2.34. The number of fused-ring (bicyclic) bond motifs is 1. The number of carbonyl (C=O) groups is 1. The molecule has 2 fully saturated rings. The molecule has 3 aliphatic heterocycles. The lowest BCUT2D eigenvalue weighted by atomic mass is 9.96. The molecule has 0 saturated carbocycles. The molecule has 0 aliphatic carbocycles. The Labute approximate surface area is 171 Å². The van der Waals surface area contributed by atoms with Gasteiger partial charge in [-0.3, -0.25) is 9.79 Å². The van der Waals surface area contributed by atoms with Crippen molar-refractivity contribution in [2.24, 2.45) is 4.99 Å². The molecule has 1 amide bonds. The van der Waals surface area contributed by atoms with Crippen LogP contribution in [-0.4, -0.2) is 59.3 Å². The summed E-state index contributed by atoms with van der Waals surface area (Å²) >= 11 is 1.51. The maximum atomic E-state index is 12.8. The van der Waals surface area contributed by atoms with Gasteiger partial charge in [-0.2, -0.15) is 0 Å². The Morgan fingerprint density at radius 2 is 1.86 bits per heavy atom. The number of sulfone groups is 1. The second kappa shape index (κ2) is 7.71. The lowest BCUT2D eigenvalue weighted by Crippen LogP contribution is -2.48. The Bertz CT molecular complexity index is 872. The van der Waals surface area contributed by atoms with Crippen LogP contribution in [0.25, 0.3) is 0 Å². The lowest BCUT2D eigenvalue weighted by Gasteiger charge is -2.39. The summed E-state index contributed by atoms with van der Waals surface area (Å²) in [5.74, 6) is 0.570. The van der Waals surface area contributed by atoms with Crippen molar-refractivity contribution in [1.82, 2.24) is 4.90 Å². The topological polar surface area (TPSA) is 78.8 Å². The zero-order valence-corrected chi connectivity index (χ0v) is 17.9.